The summed E-state index contributed by atoms with van der Waals surface area (Å²) in [5.41, 5.74) is 6.34. The first-order chi connectivity index (χ1) is 33.7. The van der Waals surface area contributed by atoms with E-state index in [1.165, 1.54) is 201 Å². The van der Waals surface area contributed by atoms with E-state index in [-0.39, 0.29) is 22.9 Å². The fraction of sp³-hybridized carbons (Fsp3) is 0.781. The number of phenolic OH excluding ortho intramolecular Hbond substituents is 2. The van der Waals surface area contributed by atoms with Crippen molar-refractivity contribution in [2.75, 3.05) is 52.4 Å². The molecule has 2 aromatic carbocycles. The minimum absolute atomic E-state index is 0.0115. The zero-order valence-electron chi connectivity index (χ0n) is 48.3. The molecule has 0 amide bonds. The van der Waals surface area contributed by atoms with Crippen LogP contribution in [0.3, 0.4) is 0 Å². The number of quaternary nitrogens is 2. The molecular formula is C64H114N4O2+2. The van der Waals surface area contributed by atoms with Gasteiger partial charge in [0.15, 0.2) is 0 Å². The van der Waals surface area contributed by atoms with E-state index in [9.17, 15) is 10.2 Å². The molecule has 0 unspecified atom stereocenters. The predicted octanol–water partition coefficient (Wildman–Crippen LogP) is 17.5. The summed E-state index contributed by atoms with van der Waals surface area (Å²) in [6.07, 6.45) is 35.6. The molecule has 0 bridgehead atoms. The third-order valence-corrected chi connectivity index (χ3v) is 17.4. The van der Waals surface area contributed by atoms with Gasteiger partial charge in [-0.3, -0.25) is 9.98 Å². The van der Waals surface area contributed by atoms with Gasteiger partial charge < -0.3 is 19.2 Å². The normalized spacial score (nSPS) is 16.3. The second-order valence-electron chi connectivity index (χ2n) is 23.6. The number of aryl methyl sites for hydroxylation is 2. The van der Waals surface area contributed by atoms with Crippen LogP contribution in [0.15, 0.2) is 34.3 Å². The summed E-state index contributed by atoms with van der Waals surface area (Å²) in [7, 11) is 0. The summed E-state index contributed by atoms with van der Waals surface area (Å²) in [5.74, 6) is 0.706. The van der Waals surface area contributed by atoms with Crippen molar-refractivity contribution in [2.24, 2.45) is 9.98 Å². The first-order valence-corrected chi connectivity index (χ1v) is 30.1. The molecule has 0 aromatic heterocycles. The van der Waals surface area contributed by atoms with E-state index in [4.69, 9.17) is 9.98 Å². The molecule has 1 saturated carbocycles. The number of aliphatic imine (C=N–C) groups is 2. The Morgan fingerprint density at radius 2 is 0.714 bits per heavy atom. The van der Waals surface area contributed by atoms with Crippen LogP contribution in [0.25, 0.3) is 0 Å². The van der Waals surface area contributed by atoms with Crippen LogP contribution in [0.1, 0.15) is 270 Å². The molecule has 6 nitrogen and oxygen atoms in total. The Morgan fingerprint density at radius 1 is 0.443 bits per heavy atom. The second-order valence-corrected chi connectivity index (χ2v) is 23.6. The van der Waals surface area contributed by atoms with E-state index in [1.54, 1.807) is 0 Å². The number of phenols is 2. The minimum Gasteiger partial charge on any atom is -0.507 e. The smallest absolute Gasteiger partial charge is 0.127 e. The van der Waals surface area contributed by atoms with Gasteiger partial charge in [-0.2, -0.15) is 0 Å². The maximum atomic E-state index is 11.8. The fourth-order valence-electron chi connectivity index (χ4n) is 12.2. The average Bonchev–Trinajstić information content (AvgIpc) is 3.36. The van der Waals surface area contributed by atoms with Gasteiger partial charge in [0.25, 0.3) is 0 Å². The Labute approximate surface area is 434 Å². The third-order valence-electron chi connectivity index (χ3n) is 17.4. The molecule has 1 aliphatic rings. The summed E-state index contributed by atoms with van der Waals surface area (Å²) < 4.78 is 2.58. The van der Waals surface area contributed by atoms with Gasteiger partial charge >= 0.3 is 0 Å². The van der Waals surface area contributed by atoms with E-state index in [0.717, 1.165) is 60.8 Å². The summed E-state index contributed by atoms with van der Waals surface area (Å²) in [6, 6.07) is 9.18. The highest BCUT2D eigenvalue weighted by molar-refractivity contribution is 5.86. The van der Waals surface area contributed by atoms with Crippen molar-refractivity contribution >= 4 is 12.4 Å². The molecule has 2 aromatic rings. The molecule has 3 rings (SSSR count). The highest BCUT2D eigenvalue weighted by atomic mass is 16.3. The number of rotatable bonds is 38. The van der Waals surface area contributed by atoms with Crippen molar-refractivity contribution in [1.82, 2.24) is 0 Å². The molecule has 0 heterocycles. The van der Waals surface area contributed by atoms with Gasteiger partial charge in [0, 0.05) is 23.6 Å². The van der Waals surface area contributed by atoms with Crippen LogP contribution >= 0.6 is 0 Å². The fourth-order valence-corrected chi connectivity index (χ4v) is 12.2. The molecule has 0 aliphatic heterocycles. The first kappa shape index (κ1) is 61.6. The number of benzene rings is 2. The zero-order chi connectivity index (χ0) is 51.5. The molecule has 2 N–H and O–H groups in total. The number of nitrogens with zero attached hydrogens (tertiary/aromatic N) is 4. The molecule has 0 saturated heterocycles. The van der Waals surface area contributed by atoms with Crippen LogP contribution in [0.4, 0.5) is 0 Å². The van der Waals surface area contributed by atoms with E-state index >= 15 is 0 Å². The average molecular weight is 972 g/mol. The van der Waals surface area contributed by atoms with Crippen LogP contribution in [-0.2, 0) is 10.8 Å². The summed E-state index contributed by atoms with van der Waals surface area (Å²) >= 11 is 0. The van der Waals surface area contributed by atoms with Crippen molar-refractivity contribution in [3.05, 3.63) is 57.6 Å². The molecule has 1 fully saturated rings. The van der Waals surface area contributed by atoms with Gasteiger partial charge in [0.1, 0.15) is 11.5 Å². The number of hydrogen-bond acceptors (Lipinski definition) is 4. The van der Waals surface area contributed by atoms with Crippen molar-refractivity contribution in [3.63, 3.8) is 0 Å². The molecule has 2 atom stereocenters. The molecule has 70 heavy (non-hydrogen) atoms. The number of hydrogen-bond donors (Lipinski definition) is 2. The number of aromatic hydroxyl groups is 2. The summed E-state index contributed by atoms with van der Waals surface area (Å²) in [4.78, 5) is 10.6. The molecular weight excluding hydrogens is 857 g/mol. The SMILES string of the molecule is CCCCC(C)(CCCC)c1cc(C)c(O)c(C=N[C@H]2CCCC[C@@H]2N=Cc2cc(C(C)(CCC[N+](CCCC)(CCCC)CCCC)CCC[N+](CCCC)(CCCC)CCCC)cc(C)c2O)c1. The lowest BCUT2D eigenvalue weighted by molar-refractivity contribution is -0.929. The lowest BCUT2D eigenvalue weighted by atomic mass is 9.73. The molecule has 0 radical (unpaired) electrons. The Kier molecular flexibility index (Phi) is 28.6. The Balaban J connectivity index is 2.05. The van der Waals surface area contributed by atoms with Gasteiger partial charge in [0.2, 0.25) is 0 Å². The summed E-state index contributed by atoms with van der Waals surface area (Å²) in [5, 5.41) is 23.2. The Bertz CT molecular complexity index is 1710. The third kappa shape index (κ3) is 19.3. The minimum atomic E-state index is -0.0115. The van der Waals surface area contributed by atoms with Crippen molar-refractivity contribution in [1.29, 1.82) is 0 Å². The Morgan fingerprint density at radius 3 is 1.00 bits per heavy atom. The standard InChI is InChI=1S/C64H112N4O2/c1-13-21-35-63(11,36-22-14-2)57-47-53(9)61(69)55(49-57)51-65-59-33-29-30-34-60(59)66-52-56-50-58(48-54(10)62(56)70)64(12,37-31-45-67(39-23-15-3,40-24-16-4)41-25-17-5)38-32-46-68(42-26-18-6,43-27-19-7)44-28-20-8/h47-52,59-60H,13-46H2,1-12H3/p+2/t59-,60-/m0/s1. The molecule has 1 aliphatic carbocycles. The highest BCUT2D eigenvalue weighted by Crippen LogP contribution is 2.40. The first-order valence-electron chi connectivity index (χ1n) is 30.1. The lowest BCUT2D eigenvalue weighted by Crippen LogP contribution is -2.51. The van der Waals surface area contributed by atoms with Crippen LogP contribution in [-0.4, -0.2) is 96.1 Å². The van der Waals surface area contributed by atoms with Crippen molar-refractivity contribution < 1.29 is 19.2 Å². The predicted molar refractivity (Wildman–Crippen MR) is 308 cm³/mol. The van der Waals surface area contributed by atoms with Crippen LogP contribution in [0.5, 0.6) is 11.5 Å². The zero-order valence-corrected chi connectivity index (χ0v) is 48.3. The van der Waals surface area contributed by atoms with Crippen LogP contribution in [0.2, 0.25) is 0 Å². The van der Waals surface area contributed by atoms with Gasteiger partial charge in [0.05, 0.1) is 64.4 Å². The van der Waals surface area contributed by atoms with Crippen LogP contribution in [0, 0.1) is 13.8 Å². The quantitative estimate of drug-likeness (QED) is 0.0520. The second kappa shape index (κ2) is 32.5. The van der Waals surface area contributed by atoms with Gasteiger partial charge in [-0.1, -0.05) is 158 Å². The van der Waals surface area contributed by atoms with E-state index < -0.39 is 0 Å². The largest absolute Gasteiger partial charge is 0.507 e. The van der Waals surface area contributed by atoms with E-state index in [1.807, 2.05) is 19.4 Å². The lowest BCUT2D eigenvalue weighted by Gasteiger charge is -2.42. The highest BCUT2D eigenvalue weighted by Gasteiger charge is 2.34. The van der Waals surface area contributed by atoms with Gasteiger partial charge in [-0.05, 0) is 149 Å². The molecule has 0 spiro atoms. The van der Waals surface area contributed by atoms with Crippen LogP contribution < -0.4 is 0 Å². The maximum absolute atomic E-state index is 11.8. The topological polar surface area (TPSA) is 65.2 Å². The van der Waals surface area contributed by atoms with Gasteiger partial charge in [-0.25, -0.2) is 0 Å². The molecule has 400 valence electrons. The number of unbranched alkanes of at least 4 members (excludes halogenated alkanes) is 8. The van der Waals surface area contributed by atoms with E-state index in [2.05, 4.69) is 100 Å². The van der Waals surface area contributed by atoms with Crippen molar-refractivity contribution in [2.45, 2.75) is 273 Å². The monoisotopic (exact) mass is 971 g/mol. The van der Waals surface area contributed by atoms with Gasteiger partial charge in [-0.15, -0.1) is 0 Å². The molecule has 6 heteroatoms. The van der Waals surface area contributed by atoms with E-state index in [0.29, 0.717) is 11.5 Å². The summed E-state index contributed by atoms with van der Waals surface area (Å²) in [6.45, 7) is 38.3. The van der Waals surface area contributed by atoms with Crippen molar-refractivity contribution in [3.8, 4) is 11.5 Å². The maximum Gasteiger partial charge on any atom is 0.127 e. The Hall–Kier alpha value is -2.70.